The van der Waals surface area contributed by atoms with E-state index < -0.39 is 0 Å². The summed E-state index contributed by atoms with van der Waals surface area (Å²) in [6.45, 7) is -0.0457. The Kier molecular flexibility index (Phi) is 12.1. The molecule has 0 atom stereocenters. The Morgan fingerprint density at radius 3 is 1.32 bits per heavy atom. The predicted octanol–water partition coefficient (Wildman–Crippen LogP) is 17.5. The van der Waals surface area contributed by atoms with Crippen molar-refractivity contribution in [2.75, 3.05) is 9.80 Å². The maximum Gasteiger partial charge on any atom is 0.252 e. The molecule has 0 unspecified atom stereocenters. The summed E-state index contributed by atoms with van der Waals surface area (Å²) < 4.78 is 2.34. The Morgan fingerprint density at radius 1 is 0.261 bits per heavy atom. The lowest BCUT2D eigenvalue weighted by atomic mass is 9.33. The van der Waals surface area contributed by atoms with Crippen molar-refractivity contribution in [1.82, 2.24) is 29.5 Å². The van der Waals surface area contributed by atoms with Crippen LogP contribution in [0.5, 0.6) is 0 Å². The molecule has 0 amide bonds. The zero-order chi connectivity index (χ0) is 58.1. The van der Waals surface area contributed by atoms with Crippen LogP contribution in [0.25, 0.3) is 107 Å². The molecule has 0 bridgehead atoms. The van der Waals surface area contributed by atoms with Gasteiger partial charge in [0.05, 0.1) is 33.8 Å². The molecule has 15 aromatic rings. The van der Waals surface area contributed by atoms with E-state index in [0.29, 0.717) is 23.3 Å². The second-order valence-electron chi connectivity index (χ2n) is 22.3. The third kappa shape index (κ3) is 8.50. The third-order valence-electron chi connectivity index (χ3n) is 17.2. The van der Waals surface area contributed by atoms with Crippen molar-refractivity contribution < 1.29 is 0 Å². The van der Waals surface area contributed by atoms with Crippen molar-refractivity contribution in [1.29, 1.82) is 0 Å². The zero-order valence-electron chi connectivity index (χ0n) is 47.6. The second kappa shape index (κ2) is 21.1. The maximum absolute atomic E-state index is 5.63. The first-order chi connectivity index (χ1) is 43.7. The number of hydrogen-bond acceptors (Lipinski definition) is 7. The number of para-hydroxylation sites is 6. The number of hydrogen-bond donors (Lipinski definition) is 0. The first kappa shape index (κ1) is 50.7. The van der Waals surface area contributed by atoms with Gasteiger partial charge in [0.15, 0.2) is 23.3 Å². The summed E-state index contributed by atoms with van der Waals surface area (Å²) >= 11 is 0. The number of aromatic nitrogens is 6. The number of anilines is 6. The topological polar surface area (TPSA) is 75.9 Å². The SMILES string of the molecule is c1ccc(-c2cc(-c3ccccc3)nc(-c3ccc(-n4c5ccccc5c5ccccc54)c(-c4nc(-c5ccccc5)nc(-c5cccc(-c6ccc7c8c6N(c6ccccc6)c6ccccc6B8c6ccccc6N7c6ccccc6)c5)n4)c3)n2)cc1. The molecule has 0 spiro atoms. The van der Waals surface area contributed by atoms with Crippen LogP contribution in [0.4, 0.5) is 34.1 Å². The molecule has 5 heterocycles. The van der Waals surface area contributed by atoms with Crippen molar-refractivity contribution in [3.63, 3.8) is 0 Å². The summed E-state index contributed by atoms with van der Waals surface area (Å²) in [5.74, 6) is 2.18. The van der Waals surface area contributed by atoms with Crippen LogP contribution >= 0.6 is 0 Å². The van der Waals surface area contributed by atoms with Gasteiger partial charge in [-0.3, -0.25) is 0 Å². The van der Waals surface area contributed by atoms with E-state index >= 15 is 0 Å². The Balaban J connectivity index is 0.899. The van der Waals surface area contributed by atoms with E-state index in [2.05, 4.69) is 269 Å². The number of nitrogens with zero attached hydrogens (tertiary/aromatic N) is 8. The lowest BCUT2D eigenvalue weighted by molar-refractivity contribution is 1.06. The molecule has 0 radical (unpaired) electrons. The largest absolute Gasteiger partial charge is 0.311 e. The molecule has 3 aromatic heterocycles. The van der Waals surface area contributed by atoms with E-state index in [1.165, 1.54) is 22.1 Å². The molecule has 2 aliphatic heterocycles. The van der Waals surface area contributed by atoms with Gasteiger partial charge in [-0.25, -0.2) is 24.9 Å². The molecule has 12 aromatic carbocycles. The van der Waals surface area contributed by atoms with Crippen molar-refractivity contribution in [3.8, 4) is 84.9 Å². The van der Waals surface area contributed by atoms with E-state index in [1.807, 2.05) is 54.6 Å². The molecule has 88 heavy (non-hydrogen) atoms. The highest BCUT2D eigenvalue weighted by molar-refractivity contribution is 7.00. The summed E-state index contributed by atoms with van der Waals surface area (Å²) in [4.78, 5) is 32.1. The molecule has 0 fully saturated rings. The molecule has 410 valence electrons. The Labute approximate surface area is 509 Å². The van der Waals surface area contributed by atoms with Crippen LogP contribution in [0.2, 0.25) is 0 Å². The molecular formula is C79H51BN8. The highest BCUT2D eigenvalue weighted by atomic mass is 15.2. The van der Waals surface area contributed by atoms with Crippen LogP contribution < -0.4 is 26.2 Å². The van der Waals surface area contributed by atoms with Gasteiger partial charge in [-0.2, -0.15) is 0 Å². The van der Waals surface area contributed by atoms with Gasteiger partial charge in [-0.15, -0.1) is 0 Å². The van der Waals surface area contributed by atoms with Gasteiger partial charge in [-0.05, 0) is 107 Å². The summed E-state index contributed by atoms with van der Waals surface area (Å²) in [5.41, 5.74) is 22.7. The predicted molar refractivity (Wildman–Crippen MR) is 362 cm³/mol. The summed E-state index contributed by atoms with van der Waals surface area (Å²) in [6.07, 6.45) is 0. The average Bonchev–Trinajstić information content (AvgIpc) is 0.849. The van der Waals surface area contributed by atoms with E-state index in [-0.39, 0.29) is 6.71 Å². The third-order valence-corrected chi connectivity index (χ3v) is 17.2. The van der Waals surface area contributed by atoms with Gasteiger partial charge in [0.1, 0.15) is 0 Å². The molecular weight excluding hydrogens is 1070 g/mol. The van der Waals surface area contributed by atoms with E-state index in [0.717, 1.165) is 112 Å². The molecule has 0 saturated carbocycles. The second-order valence-corrected chi connectivity index (χ2v) is 22.3. The van der Waals surface area contributed by atoms with Crippen LogP contribution in [-0.4, -0.2) is 36.2 Å². The Hall–Kier alpha value is -11.8. The highest BCUT2D eigenvalue weighted by Gasteiger charge is 2.44. The van der Waals surface area contributed by atoms with E-state index in [9.17, 15) is 0 Å². The fourth-order valence-corrected chi connectivity index (χ4v) is 13.3. The molecule has 17 rings (SSSR count). The molecule has 8 nitrogen and oxygen atoms in total. The van der Waals surface area contributed by atoms with Crippen LogP contribution in [0.3, 0.4) is 0 Å². The van der Waals surface area contributed by atoms with Crippen molar-refractivity contribution in [2.45, 2.75) is 0 Å². The van der Waals surface area contributed by atoms with Gasteiger partial charge >= 0.3 is 0 Å². The van der Waals surface area contributed by atoms with Crippen LogP contribution in [-0.2, 0) is 0 Å². The fraction of sp³-hybridized carbons (Fsp3) is 0. The first-order valence-electron chi connectivity index (χ1n) is 29.8. The van der Waals surface area contributed by atoms with Gasteiger partial charge in [0.2, 0.25) is 0 Å². The van der Waals surface area contributed by atoms with E-state index in [1.54, 1.807) is 0 Å². The van der Waals surface area contributed by atoms with Crippen LogP contribution in [0.15, 0.2) is 309 Å². The van der Waals surface area contributed by atoms with Crippen molar-refractivity contribution >= 4 is 79.0 Å². The maximum atomic E-state index is 5.63. The van der Waals surface area contributed by atoms with Crippen LogP contribution in [0.1, 0.15) is 0 Å². The monoisotopic (exact) mass is 1120 g/mol. The number of benzene rings is 12. The Morgan fingerprint density at radius 2 is 0.705 bits per heavy atom. The average molecular weight is 1120 g/mol. The zero-order valence-corrected chi connectivity index (χ0v) is 47.6. The molecule has 0 saturated heterocycles. The summed E-state index contributed by atoms with van der Waals surface area (Å²) in [5, 5.41) is 2.30. The lowest BCUT2D eigenvalue weighted by Crippen LogP contribution is -2.61. The number of fused-ring (bicyclic) bond motifs is 7. The first-order valence-corrected chi connectivity index (χ1v) is 29.8. The fourth-order valence-electron chi connectivity index (χ4n) is 13.3. The van der Waals surface area contributed by atoms with Crippen LogP contribution in [0, 0.1) is 0 Å². The molecule has 0 aliphatic carbocycles. The van der Waals surface area contributed by atoms with Crippen molar-refractivity contribution in [2.24, 2.45) is 0 Å². The van der Waals surface area contributed by atoms with Gasteiger partial charge < -0.3 is 14.4 Å². The smallest absolute Gasteiger partial charge is 0.252 e. The normalized spacial score (nSPS) is 12.2. The number of rotatable bonds is 10. The van der Waals surface area contributed by atoms with Crippen molar-refractivity contribution in [3.05, 3.63) is 309 Å². The molecule has 0 N–H and O–H groups in total. The minimum absolute atomic E-state index is 0.0457. The summed E-state index contributed by atoms with van der Waals surface area (Å²) in [7, 11) is 0. The minimum Gasteiger partial charge on any atom is -0.311 e. The standard InChI is InChI=1S/C79H51BN8/c1-6-25-52(26-7-1)66-51-67(53-27-8-2-9-28-53)82-77(81-66)57-45-47-70(88-68-41-20-16-37-61(68)62-38-17-21-42-69(62)88)63(50-57)79-84-76(54-29-10-3-11-30-54)83-78(85-79)56-32-24-31-55(49-56)60-46-48-73-74-75(60)87(59-35-14-5-15-36-59)72-44-23-19-40-65(72)80(74)64-39-18-22-43-71(64)86(73)58-33-12-4-13-34-58/h1-51H. The van der Waals surface area contributed by atoms with Gasteiger partial charge in [0.25, 0.3) is 6.71 Å². The quantitative estimate of drug-likeness (QED) is 0.126. The Bertz CT molecular complexity index is 5050. The molecule has 9 heteroatoms. The van der Waals surface area contributed by atoms with Gasteiger partial charge in [0, 0.05) is 78.2 Å². The van der Waals surface area contributed by atoms with Gasteiger partial charge in [-0.1, -0.05) is 224 Å². The summed E-state index contributed by atoms with van der Waals surface area (Å²) in [6, 6.07) is 109. The molecule has 2 aliphatic rings. The minimum atomic E-state index is -0.0457. The lowest BCUT2D eigenvalue weighted by Gasteiger charge is -2.45. The van der Waals surface area contributed by atoms with E-state index in [4.69, 9.17) is 24.9 Å². The highest BCUT2D eigenvalue weighted by Crippen LogP contribution is 2.48.